The molecule has 1 saturated carbocycles. The van der Waals surface area contributed by atoms with Crippen LogP contribution in [0.5, 0.6) is 0 Å². The van der Waals surface area contributed by atoms with Crippen LogP contribution in [-0.2, 0) is 4.74 Å². The minimum atomic E-state index is 0.879. The van der Waals surface area contributed by atoms with Crippen LogP contribution in [-0.4, -0.2) is 37.2 Å². The number of hydrogen-bond acceptors (Lipinski definition) is 2. The third-order valence-corrected chi connectivity index (χ3v) is 3.23. The molecule has 2 fully saturated rings. The zero-order valence-corrected chi connectivity index (χ0v) is 7.96. The molecule has 2 heteroatoms. The third-order valence-electron chi connectivity index (χ3n) is 3.23. The molecule has 0 radical (unpaired) electrons. The van der Waals surface area contributed by atoms with E-state index in [-0.39, 0.29) is 0 Å². The van der Waals surface area contributed by atoms with E-state index in [1.807, 2.05) is 0 Å². The van der Waals surface area contributed by atoms with Gasteiger partial charge in [-0.25, -0.2) is 0 Å². The Morgan fingerprint density at radius 3 is 2.50 bits per heavy atom. The van der Waals surface area contributed by atoms with Crippen molar-refractivity contribution in [1.82, 2.24) is 4.90 Å². The molecule has 0 aromatic carbocycles. The minimum Gasteiger partial charge on any atom is -0.379 e. The Labute approximate surface area is 74.9 Å². The Morgan fingerprint density at radius 1 is 1.17 bits per heavy atom. The standard InChI is InChI=1S/C10H19NO/c1-9-2-3-10(8-9)11-4-6-12-7-5-11/h9-10H,2-8H2,1H3/t9-,10-/m1/s1. The van der Waals surface area contributed by atoms with Gasteiger partial charge in [0.2, 0.25) is 0 Å². The van der Waals surface area contributed by atoms with Crippen LogP contribution in [0.3, 0.4) is 0 Å². The van der Waals surface area contributed by atoms with E-state index in [0.717, 1.165) is 38.3 Å². The lowest BCUT2D eigenvalue weighted by Gasteiger charge is -2.32. The molecule has 0 aromatic heterocycles. The molecule has 0 aromatic rings. The molecule has 0 unspecified atom stereocenters. The summed E-state index contributed by atoms with van der Waals surface area (Å²) in [5, 5.41) is 0. The van der Waals surface area contributed by atoms with Crippen molar-refractivity contribution < 1.29 is 4.74 Å². The maximum absolute atomic E-state index is 5.34. The maximum Gasteiger partial charge on any atom is 0.0594 e. The van der Waals surface area contributed by atoms with Crippen molar-refractivity contribution in [3.8, 4) is 0 Å². The molecule has 1 aliphatic carbocycles. The molecule has 2 nitrogen and oxygen atoms in total. The molecular weight excluding hydrogens is 150 g/mol. The van der Waals surface area contributed by atoms with Gasteiger partial charge in [0.1, 0.15) is 0 Å². The van der Waals surface area contributed by atoms with Gasteiger partial charge in [-0.2, -0.15) is 0 Å². The van der Waals surface area contributed by atoms with Crippen molar-refractivity contribution in [2.24, 2.45) is 5.92 Å². The van der Waals surface area contributed by atoms with E-state index < -0.39 is 0 Å². The topological polar surface area (TPSA) is 12.5 Å². The molecule has 70 valence electrons. The fourth-order valence-electron chi connectivity index (χ4n) is 2.45. The van der Waals surface area contributed by atoms with Crippen LogP contribution in [0.15, 0.2) is 0 Å². The van der Waals surface area contributed by atoms with E-state index in [4.69, 9.17) is 4.74 Å². The average molecular weight is 169 g/mol. The number of morpholine rings is 1. The van der Waals surface area contributed by atoms with Gasteiger partial charge in [-0.1, -0.05) is 6.92 Å². The predicted molar refractivity (Wildman–Crippen MR) is 49.2 cm³/mol. The Hall–Kier alpha value is -0.0800. The highest BCUT2D eigenvalue weighted by atomic mass is 16.5. The summed E-state index contributed by atoms with van der Waals surface area (Å²) in [6, 6.07) is 0.879. The maximum atomic E-state index is 5.34. The molecule has 2 aliphatic rings. The minimum absolute atomic E-state index is 0.879. The highest BCUT2D eigenvalue weighted by molar-refractivity contribution is 4.81. The monoisotopic (exact) mass is 169 g/mol. The first-order valence-electron chi connectivity index (χ1n) is 5.18. The van der Waals surface area contributed by atoms with Gasteiger partial charge in [0, 0.05) is 19.1 Å². The lowest BCUT2D eigenvalue weighted by Crippen LogP contribution is -2.42. The SMILES string of the molecule is C[C@@H]1CC[C@@H](N2CCOCC2)C1. The summed E-state index contributed by atoms with van der Waals surface area (Å²) in [4.78, 5) is 2.62. The third kappa shape index (κ3) is 1.80. The van der Waals surface area contributed by atoms with Crippen molar-refractivity contribution in [3.63, 3.8) is 0 Å². The van der Waals surface area contributed by atoms with Crippen molar-refractivity contribution >= 4 is 0 Å². The molecule has 1 aliphatic heterocycles. The molecule has 0 N–H and O–H groups in total. The van der Waals surface area contributed by atoms with Gasteiger partial charge in [0.25, 0.3) is 0 Å². The van der Waals surface area contributed by atoms with Crippen molar-refractivity contribution in [3.05, 3.63) is 0 Å². The zero-order chi connectivity index (χ0) is 8.39. The summed E-state index contributed by atoms with van der Waals surface area (Å²) < 4.78 is 5.34. The second-order valence-corrected chi connectivity index (χ2v) is 4.22. The van der Waals surface area contributed by atoms with Crippen LogP contribution in [0.4, 0.5) is 0 Å². The van der Waals surface area contributed by atoms with Crippen LogP contribution in [0, 0.1) is 5.92 Å². The van der Waals surface area contributed by atoms with E-state index in [0.29, 0.717) is 0 Å². The molecular formula is C10H19NO. The van der Waals surface area contributed by atoms with Gasteiger partial charge in [-0.3, -0.25) is 4.90 Å². The fraction of sp³-hybridized carbons (Fsp3) is 1.00. The van der Waals surface area contributed by atoms with Crippen LogP contribution >= 0.6 is 0 Å². The molecule has 0 bridgehead atoms. The highest BCUT2D eigenvalue weighted by Crippen LogP contribution is 2.28. The first kappa shape index (κ1) is 8.52. The van der Waals surface area contributed by atoms with E-state index in [9.17, 15) is 0 Å². The van der Waals surface area contributed by atoms with Gasteiger partial charge >= 0.3 is 0 Å². The lowest BCUT2D eigenvalue weighted by molar-refractivity contribution is 0.0173. The Kier molecular flexibility index (Phi) is 2.66. The van der Waals surface area contributed by atoms with Crippen LogP contribution in [0.1, 0.15) is 26.2 Å². The molecule has 1 saturated heterocycles. The largest absolute Gasteiger partial charge is 0.379 e. The number of ether oxygens (including phenoxy) is 1. The first-order valence-corrected chi connectivity index (χ1v) is 5.18. The second kappa shape index (κ2) is 3.75. The Morgan fingerprint density at radius 2 is 1.92 bits per heavy atom. The predicted octanol–water partition coefficient (Wildman–Crippen LogP) is 1.51. The van der Waals surface area contributed by atoms with Crippen LogP contribution in [0.2, 0.25) is 0 Å². The molecule has 0 amide bonds. The quantitative estimate of drug-likeness (QED) is 0.590. The summed E-state index contributed by atoms with van der Waals surface area (Å²) in [6.07, 6.45) is 4.27. The normalized spacial score (nSPS) is 38.8. The highest BCUT2D eigenvalue weighted by Gasteiger charge is 2.27. The van der Waals surface area contributed by atoms with Crippen LogP contribution in [0.25, 0.3) is 0 Å². The zero-order valence-electron chi connectivity index (χ0n) is 7.96. The molecule has 1 heterocycles. The molecule has 2 rings (SSSR count). The average Bonchev–Trinajstić information content (AvgIpc) is 2.54. The van der Waals surface area contributed by atoms with E-state index in [1.54, 1.807) is 0 Å². The summed E-state index contributed by atoms with van der Waals surface area (Å²) in [5.41, 5.74) is 0. The van der Waals surface area contributed by atoms with E-state index in [2.05, 4.69) is 11.8 Å². The summed E-state index contributed by atoms with van der Waals surface area (Å²) >= 11 is 0. The Bertz CT molecular complexity index is 140. The van der Waals surface area contributed by atoms with Crippen molar-refractivity contribution in [2.45, 2.75) is 32.2 Å². The van der Waals surface area contributed by atoms with Gasteiger partial charge in [-0.15, -0.1) is 0 Å². The first-order chi connectivity index (χ1) is 5.86. The van der Waals surface area contributed by atoms with Crippen molar-refractivity contribution in [2.75, 3.05) is 26.3 Å². The molecule has 2 atom stereocenters. The molecule has 0 spiro atoms. The molecule has 12 heavy (non-hydrogen) atoms. The smallest absolute Gasteiger partial charge is 0.0594 e. The second-order valence-electron chi connectivity index (χ2n) is 4.22. The number of rotatable bonds is 1. The number of nitrogens with zero attached hydrogens (tertiary/aromatic N) is 1. The fourth-order valence-corrected chi connectivity index (χ4v) is 2.45. The summed E-state index contributed by atoms with van der Waals surface area (Å²) in [6.45, 7) is 6.60. The van der Waals surface area contributed by atoms with Crippen LogP contribution < -0.4 is 0 Å². The number of hydrogen-bond donors (Lipinski definition) is 0. The lowest BCUT2D eigenvalue weighted by atomic mass is 10.1. The Balaban J connectivity index is 1.83. The van der Waals surface area contributed by atoms with E-state index >= 15 is 0 Å². The van der Waals surface area contributed by atoms with Gasteiger partial charge in [0.15, 0.2) is 0 Å². The summed E-state index contributed by atoms with van der Waals surface area (Å²) in [5.74, 6) is 0.956. The van der Waals surface area contributed by atoms with E-state index in [1.165, 1.54) is 19.3 Å². The van der Waals surface area contributed by atoms with Gasteiger partial charge < -0.3 is 4.74 Å². The van der Waals surface area contributed by atoms with Gasteiger partial charge in [-0.05, 0) is 25.2 Å². The van der Waals surface area contributed by atoms with Crippen molar-refractivity contribution in [1.29, 1.82) is 0 Å². The summed E-state index contributed by atoms with van der Waals surface area (Å²) in [7, 11) is 0. The van der Waals surface area contributed by atoms with Gasteiger partial charge in [0.05, 0.1) is 13.2 Å².